The lowest BCUT2D eigenvalue weighted by molar-refractivity contribution is -0.118. The molecule has 2 aliphatic rings. The van der Waals surface area contributed by atoms with Gasteiger partial charge in [0.15, 0.2) is 5.78 Å². The van der Waals surface area contributed by atoms with Crippen molar-refractivity contribution < 1.29 is 4.79 Å². The van der Waals surface area contributed by atoms with Crippen molar-refractivity contribution in [3.8, 4) is 6.07 Å². The first kappa shape index (κ1) is 22.1. The number of hydrogen-bond acceptors (Lipinski definition) is 5. The molecule has 1 aromatic heterocycles. The Kier molecular flexibility index (Phi) is 5.58. The molecule has 0 saturated heterocycles. The Morgan fingerprint density at radius 2 is 2.00 bits per heavy atom. The Morgan fingerprint density at radius 3 is 2.61 bits per heavy atom. The van der Waals surface area contributed by atoms with Crippen molar-refractivity contribution in [1.82, 2.24) is 0 Å². The van der Waals surface area contributed by atoms with Gasteiger partial charge >= 0.3 is 0 Å². The number of carbonyl (C=O) groups excluding carboxylic acids is 1. The summed E-state index contributed by atoms with van der Waals surface area (Å²) >= 11 is 11.5. The van der Waals surface area contributed by atoms with Crippen LogP contribution in [0.5, 0.6) is 0 Å². The second kappa shape index (κ2) is 7.81. The molecule has 4 nitrogen and oxygen atoms in total. The van der Waals surface area contributed by atoms with Crippen LogP contribution in [0.1, 0.15) is 47.9 Å². The van der Waals surface area contributed by atoms with E-state index in [1.54, 1.807) is 11.3 Å². The molecule has 2 heterocycles. The van der Waals surface area contributed by atoms with E-state index in [1.807, 2.05) is 43.0 Å². The maximum atomic E-state index is 13.5. The Balaban J connectivity index is 2.04. The molecular weight excluding hydrogens is 494 g/mol. The van der Waals surface area contributed by atoms with Crippen LogP contribution in [0.4, 0.5) is 5.69 Å². The third-order valence-electron chi connectivity index (χ3n) is 5.95. The van der Waals surface area contributed by atoms with Gasteiger partial charge in [-0.3, -0.25) is 9.69 Å². The molecule has 160 valence electrons. The van der Waals surface area contributed by atoms with E-state index >= 15 is 0 Å². The van der Waals surface area contributed by atoms with E-state index < -0.39 is 5.92 Å². The molecular formula is C24H23BrClN3OS. The van der Waals surface area contributed by atoms with E-state index in [2.05, 4.69) is 35.8 Å². The number of benzene rings is 1. The van der Waals surface area contributed by atoms with E-state index in [9.17, 15) is 10.1 Å². The van der Waals surface area contributed by atoms with Gasteiger partial charge in [0.2, 0.25) is 0 Å². The van der Waals surface area contributed by atoms with Crippen LogP contribution in [0.25, 0.3) is 0 Å². The Morgan fingerprint density at radius 1 is 1.29 bits per heavy atom. The van der Waals surface area contributed by atoms with Gasteiger partial charge in [0.05, 0.1) is 23.2 Å². The summed E-state index contributed by atoms with van der Waals surface area (Å²) in [6, 6.07) is 9.94. The molecule has 2 N–H and O–H groups in total. The van der Waals surface area contributed by atoms with E-state index in [4.69, 9.17) is 17.3 Å². The highest BCUT2D eigenvalue weighted by Gasteiger charge is 2.45. The smallest absolute Gasteiger partial charge is 0.162 e. The molecule has 2 aromatic rings. The largest absolute Gasteiger partial charge is 0.384 e. The Hall–Kier alpha value is -2.07. The van der Waals surface area contributed by atoms with Gasteiger partial charge in [0.25, 0.3) is 0 Å². The fraction of sp³-hybridized carbons (Fsp3) is 0.333. The minimum absolute atomic E-state index is 0.0726. The molecule has 31 heavy (non-hydrogen) atoms. The topological polar surface area (TPSA) is 70.1 Å². The zero-order chi connectivity index (χ0) is 22.7. The molecule has 1 aliphatic heterocycles. The van der Waals surface area contributed by atoms with Crippen molar-refractivity contribution in [3.63, 3.8) is 0 Å². The van der Waals surface area contributed by atoms with E-state index in [1.165, 1.54) is 0 Å². The van der Waals surface area contributed by atoms with Gasteiger partial charge in [0.1, 0.15) is 5.82 Å². The normalized spacial score (nSPS) is 20.7. The lowest BCUT2D eigenvalue weighted by atomic mass is 9.69. The number of carbonyl (C=O) groups is 1. The van der Waals surface area contributed by atoms with Gasteiger partial charge in [-0.25, -0.2) is 0 Å². The number of halogens is 2. The van der Waals surface area contributed by atoms with Gasteiger partial charge in [-0.1, -0.05) is 31.5 Å². The molecule has 0 saturated carbocycles. The number of anilines is 1. The SMILES string of the molecule is Cc1ccc(Cl)cc1N1C(N)=C(C#N)C(c2cc(Br)c(C)s2)C2=C1CC(C)(C)CC2=O. The lowest BCUT2D eigenvalue weighted by Crippen LogP contribution is -2.42. The van der Waals surface area contributed by atoms with Crippen LogP contribution in [0, 0.1) is 30.6 Å². The highest BCUT2D eigenvalue weighted by molar-refractivity contribution is 9.10. The molecule has 0 amide bonds. The van der Waals surface area contributed by atoms with Gasteiger partial charge in [-0.05, 0) is 65.4 Å². The summed E-state index contributed by atoms with van der Waals surface area (Å²) in [7, 11) is 0. The molecule has 7 heteroatoms. The number of rotatable bonds is 2. The molecule has 1 aromatic carbocycles. The van der Waals surface area contributed by atoms with Crippen molar-refractivity contribution in [2.45, 2.75) is 46.5 Å². The third kappa shape index (κ3) is 3.73. The van der Waals surface area contributed by atoms with Crippen LogP contribution in [0.2, 0.25) is 5.02 Å². The summed E-state index contributed by atoms with van der Waals surface area (Å²) in [6.45, 7) is 8.19. The monoisotopic (exact) mass is 515 g/mol. The number of hydrogen-bond donors (Lipinski definition) is 1. The molecule has 4 rings (SSSR count). The molecule has 1 aliphatic carbocycles. The fourth-order valence-corrected chi connectivity index (χ4v) is 6.36. The average molecular weight is 517 g/mol. The number of thiophene rings is 1. The van der Waals surface area contributed by atoms with Crippen molar-refractivity contribution in [3.05, 3.63) is 71.7 Å². The summed E-state index contributed by atoms with van der Waals surface area (Å²) < 4.78 is 0.974. The molecule has 1 atom stereocenters. The number of Topliss-reactive ketones (excluding diaryl/α,β-unsaturated/α-hetero) is 1. The summed E-state index contributed by atoms with van der Waals surface area (Å²) in [5.74, 6) is -0.0120. The molecule has 0 spiro atoms. The molecule has 0 fully saturated rings. The second-order valence-electron chi connectivity index (χ2n) is 8.96. The van der Waals surface area contributed by atoms with Gasteiger partial charge in [-0.15, -0.1) is 11.3 Å². The quantitative estimate of drug-likeness (QED) is 0.481. The highest BCUT2D eigenvalue weighted by Crippen LogP contribution is 2.52. The predicted octanol–water partition coefficient (Wildman–Crippen LogP) is 6.72. The van der Waals surface area contributed by atoms with E-state index in [-0.39, 0.29) is 11.2 Å². The fourth-order valence-electron chi connectivity index (χ4n) is 4.52. The van der Waals surface area contributed by atoms with Crippen LogP contribution in [0.3, 0.4) is 0 Å². The van der Waals surface area contributed by atoms with Crippen molar-refractivity contribution >= 4 is 50.3 Å². The zero-order valence-corrected chi connectivity index (χ0v) is 21.0. The number of nitriles is 1. The van der Waals surface area contributed by atoms with Crippen LogP contribution in [-0.4, -0.2) is 5.78 Å². The van der Waals surface area contributed by atoms with Gasteiger partial charge in [-0.2, -0.15) is 5.26 Å². The number of nitrogens with zero attached hydrogens (tertiary/aromatic N) is 2. The van der Waals surface area contributed by atoms with Gasteiger partial charge < -0.3 is 5.73 Å². The molecule has 0 bridgehead atoms. The third-order valence-corrected chi connectivity index (χ3v) is 8.39. The van der Waals surface area contributed by atoms with Crippen LogP contribution >= 0.6 is 38.9 Å². The highest BCUT2D eigenvalue weighted by atomic mass is 79.9. The average Bonchev–Trinajstić information content (AvgIpc) is 3.00. The Bertz CT molecular complexity index is 1200. The maximum Gasteiger partial charge on any atom is 0.162 e. The first-order valence-corrected chi connectivity index (χ1v) is 12.0. The van der Waals surface area contributed by atoms with Crippen LogP contribution < -0.4 is 10.6 Å². The van der Waals surface area contributed by atoms with Crippen molar-refractivity contribution in [2.24, 2.45) is 11.1 Å². The van der Waals surface area contributed by atoms with E-state index in [0.29, 0.717) is 34.8 Å². The minimum Gasteiger partial charge on any atom is -0.384 e. The summed E-state index contributed by atoms with van der Waals surface area (Å²) in [5, 5.41) is 10.7. The van der Waals surface area contributed by atoms with Gasteiger partial charge in [0, 0.05) is 36.9 Å². The van der Waals surface area contributed by atoms with Crippen molar-refractivity contribution in [2.75, 3.05) is 4.90 Å². The number of nitrogens with two attached hydrogens (primary N) is 1. The zero-order valence-electron chi connectivity index (χ0n) is 17.8. The summed E-state index contributed by atoms with van der Waals surface area (Å²) in [5.41, 5.74) is 10.2. The minimum atomic E-state index is -0.450. The Labute approximate surface area is 200 Å². The van der Waals surface area contributed by atoms with Crippen LogP contribution in [-0.2, 0) is 4.79 Å². The number of ketones is 1. The second-order valence-corrected chi connectivity index (χ2v) is 11.5. The number of aryl methyl sites for hydroxylation is 2. The predicted molar refractivity (Wildman–Crippen MR) is 130 cm³/mol. The lowest BCUT2D eigenvalue weighted by Gasteiger charge is -2.44. The van der Waals surface area contributed by atoms with Crippen molar-refractivity contribution in [1.29, 1.82) is 5.26 Å². The number of allylic oxidation sites excluding steroid dienone is 3. The van der Waals surface area contributed by atoms with E-state index in [0.717, 1.165) is 31.2 Å². The standard InChI is InChI=1S/C24H23BrClN3OS/c1-12-5-6-14(26)7-17(12)29-18-9-24(3,4)10-19(30)22(18)21(15(11-27)23(29)28)20-8-16(25)13(2)31-20/h5-8,21H,9-10,28H2,1-4H3. The summed E-state index contributed by atoms with van der Waals surface area (Å²) in [4.78, 5) is 17.5. The first-order chi connectivity index (χ1) is 14.5. The molecule has 0 radical (unpaired) electrons. The van der Waals surface area contributed by atoms with Crippen LogP contribution in [0.15, 0.2) is 51.4 Å². The maximum absolute atomic E-state index is 13.5. The first-order valence-electron chi connectivity index (χ1n) is 10.0. The summed E-state index contributed by atoms with van der Waals surface area (Å²) in [6.07, 6.45) is 1.12. The molecule has 1 unspecified atom stereocenters.